The molecule has 0 unspecified atom stereocenters. The van der Waals surface area contributed by atoms with Crippen LogP contribution >= 0.6 is 12.4 Å². The Morgan fingerprint density at radius 2 is 2.09 bits per heavy atom. The zero-order valence-corrected chi connectivity index (χ0v) is 12.5. The fourth-order valence-corrected chi connectivity index (χ4v) is 1.78. The van der Waals surface area contributed by atoms with E-state index in [1.54, 1.807) is 7.05 Å². The van der Waals surface area contributed by atoms with Gasteiger partial charge in [-0.15, -0.1) is 12.4 Å². The minimum atomic E-state index is -4.63. The smallest absolute Gasteiger partial charge is 0.433 e. The van der Waals surface area contributed by atoms with Crippen molar-refractivity contribution < 1.29 is 22.4 Å². The first-order valence-corrected chi connectivity index (χ1v) is 6.32. The molecule has 0 saturated heterocycles. The molecule has 0 fully saturated rings. The zero-order chi connectivity index (χ0) is 15.5. The van der Waals surface area contributed by atoms with Gasteiger partial charge in [0.2, 0.25) is 5.91 Å². The van der Waals surface area contributed by atoms with Crippen LogP contribution in [0, 0.1) is 0 Å². The maximum atomic E-state index is 12.5. The fraction of sp³-hybridized carbons (Fsp3) is 0.385. The number of hydrogen-bond donors (Lipinski definition) is 2. The molecule has 2 rings (SSSR count). The van der Waals surface area contributed by atoms with Crippen molar-refractivity contribution in [2.75, 3.05) is 18.9 Å². The number of aromatic nitrogens is 1. The van der Waals surface area contributed by atoms with E-state index in [9.17, 15) is 18.0 Å². The summed E-state index contributed by atoms with van der Waals surface area (Å²) < 4.78 is 42.0. The first-order valence-electron chi connectivity index (χ1n) is 6.32. The number of amides is 1. The number of nitrogens with one attached hydrogen (secondary N) is 2. The van der Waals surface area contributed by atoms with Crippen LogP contribution in [-0.2, 0) is 11.0 Å². The Morgan fingerprint density at radius 3 is 2.73 bits per heavy atom. The van der Waals surface area contributed by atoms with Gasteiger partial charge in [0.15, 0.2) is 5.58 Å². The van der Waals surface area contributed by atoms with E-state index in [1.807, 2.05) is 0 Å². The molecule has 1 aromatic heterocycles. The molecular weight excluding hydrogens is 323 g/mol. The molecule has 122 valence electrons. The van der Waals surface area contributed by atoms with Crippen LogP contribution in [0.15, 0.2) is 22.6 Å². The first-order chi connectivity index (χ1) is 9.90. The quantitative estimate of drug-likeness (QED) is 0.822. The molecule has 2 aromatic rings. The fourth-order valence-electron chi connectivity index (χ4n) is 1.78. The third kappa shape index (κ3) is 4.60. The highest BCUT2D eigenvalue weighted by Gasteiger charge is 2.37. The summed E-state index contributed by atoms with van der Waals surface area (Å²) in [5.74, 6) is -1.50. The van der Waals surface area contributed by atoms with Crippen molar-refractivity contribution in [2.45, 2.75) is 19.0 Å². The highest BCUT2D eigenvalue weighted by Crippen LogP contribution is 2.31. The average molecular weight is 338 g/mol. The summed E-state index contributed by atoms with van der Waals surface area (Å²) in [7, 11) is 1.79. The van der Waals surface area contributed by atoms with Crippen molar-refractivity contribution in [1.82, 2.24) is 10.3 Å². The van der Waals surface area contributed by atoms with Gasteiger partial charge in [0.1, 0.15) is 5.52 Å². The van der Waals surface area contributed by atoms with E-state index in [4.69, 9.17) is 0 Å². The van der Waals surface area contributed by atoms with Crippen LogP contribution in [0.4, 0.5) is 18.9 Å². The summed E-state index contributed by atoms with van der Waals surface area (Å²) in [6.45, 7) is 0.713. The largest absolute Gasteiger partial charge is 0.468 e. The summed E-state index contributed by atoms with van der Waals surface area (Å²) >= 11 is 0. The van der Waals surface area contributed by atoms with Gasteiger partial charge in [-0.3, -0.25) is 4.79 Å². The van der Waals surface area contributed by atoms with Gasteiger partial charge in [-0.2, -0.15) is 13.2 Å². The number of benzene rings is 1. The second-order valence-corrected chi connectivity index (χ2v) is 4.45. The minimum absolute atomic E-state index is 0. The normalized spacial score (nSPS) is 11.3. The average Bonchev–Trinajstić information content (AvgIpc) is 2.82. The third-order valence-corrected chi connectivity index (χ3v) is 2.74. The van der Waals surface area contributed by atoms with Gasteiger partial charge in [0.25, 0.3) is 0 Å². The van der Waals surface area contributed by atoms with Crippen LogP contribution in [0.1, 0.15) is 18.7 Å². The molecule has 0 saturated carbocycles. The molecule has 0 spiro atoms. The Kier molecular flexibility index (Phi) is 6.19. The van der Waals surface area contributed by atoms with E-state index < -0.39 is 12.1 Å². The van der Waals surface area contributed by atoms with Crippen LogP contribution in [0.25, 0.3) is 11.1 Å². The number of anilines is 1. The number of carbonyl (C=O) groups excluding carboxylic acids is 1. The van der Waals surface area contributed by atoms with Crippen molar-refractivity contribution in [3.63, 3.8) is 0 Å². The van der Waals surface area contributed by atoms with Gasteiger partial charge in [0.05, 0.1) is 0 Å². The number of nitrogens with zero attached hydrogens (tertiary/aromatic N) is 1. The Hall–Kier alpha value is -1.80. The zero-order valence-electron chi connectivity index (χ0n) is 11.7. The number of alkyl halides is 3. The molecule has 22 heavy (non-hydrogen) atoms. The monoisotopic (exact) mass is 337 g/mol. The molecule has 0 aliphatic carbocycles. The third-order valence-electron chi connectivity index (χ3n) is 2.74. The minimum Gasteiger partial charge on any atom is -0.433 e. The van der Waals surface area contributed by atoms with Gasteiger partial charge in [-0.25, -0.2) is 4.98 Å². The van der Waals surface area contributed by atoms with E-state index in [-0.39, 0.29) is 29.4 Å². The highest BCUT2D eigenvalue weighted by atomic mass is 35.5. The molecule has 0 bridgehead atoms. The summed E-state index contributed by atoms with van der Waals surface area (Å²) in [4.78, 5) is 15.0. The van der Waals surface area contributed by atoms with Crippen molar-refractivity contribution in [3.8, 4) is 0 Å². The maximum absolute atomic E-state index is 12.5. The topological polar surface area (TPSA) is 67.2 Å². The lowest BCUT2D eigenvalue weighted by Crippen LogP contribution is -2.15. The van der Waals surface area contributed by atoms with E-state index in [0.717, 1.165) is 0 Å². The molecule has 1 aromatic carbocycles. The van der Waals surface area contributed by atoms with Crippen molar-refractivity contribution in [3.05, 3.63) is 24.1 Å². The summed E-state index contributed by atoms with van der Waals surface area (Å²) in [6, 6.07) is 4.18. The van der Waals surface area contributed by atoms with Gasteiger partial charge in [-0.1, -0.05) is 0 Å². The Bertz CT molecular complexity index is 643. The lowest BCUT2D eigenvalue weighted by atomic mass is 10.2. The lowest BCUT2D eigenvalue weighted by molar-refractivity contribution is -0.156. The predicted molar refractivity (Wildman–Crippen MR) is 78.0 cm³/mol. The number of oxazole rings is 1. The Labute approximate surface area is 130 Å². The predicted octanol–water partition coefficient (Wildman–Crippen LogP) is 3.21. The molecule has 0 aliphatic rings. The lowest BCUT2D eigenvalue weighted by Gasteiger charge is -2.04. The number of hydrogen-bond acceptors (Lipinski definition) is 4. The number of fused-ring (bicyclic) bond motifs is 1. The van der Waals surface area contributed by atoms with E-state index in [2.05, 4.69) is 20.0 Å². The molecule has 0 aliphatic heterocycles. The summed E-state index contributed by atoms with van der Waals surface area (Å²) in [5.41, 5.74) is 0.463. The molecule has 5 nitrogen and oxygen atoms in total. The van der Waals surface area contributed by atoms with Crippen molar-refractivity contribution in [2.24, 2.45) is 0 Å². The molecule has 1 amide bonds. The second kappa shape index (κ2) is 7.46. The Balaban J connectivity index is 0.00000242. The highest BCUT2D eigenvalue weighted by molar-refractivity contribution is 5.92. The van der Waals surface area contributed by atoms with E-state index >= 15 is 0 Å². The van der Waals surface area contributed by atoms with Crippen LogP contribution < -0.4 is 10.6 Å². The number of carbonyl (C=O) groups is 1. The molecule has 0 atom stereocenters. The van der Waals surface area contributed by atoms with E-state index in [0.29, 0.717) is 25.1 Å². The second-order valence-electron chi connectivity index (χ2n) is 4.45. The Morgan fingerprint density at radius 1 is 1.36 bits per heavy atom. The summed E-state index contributed by atoms with van der Waals surface area (Å²) in [6.07, 6.45) is -3.63. The van der Waals surface area contributed by atoms with Crippen molar-refractivity contribution >= 4 is 35.1 Å². The van der Waals surface area contributed by atoms with Crippen LogP contribution in [-0.4, -0.2) is 24.5 Å². The first kappa shape index (κ1) is 18.2. The van der Waals surface area contributed by atoms with E-state index in [1.165, 1.54) is 18.2 Å². The van der Waals surface area contributed by atoms with Crippen LogP contribution in [0.2, 0.25) is 0 Å². The van der Waals surface area contributed by atoms with Gasteiger partial charge < -0.3 is 15.1 Å². The molecule has 2 N–H and O–H groups in total. The van der Waals surface area contributed by atoms with Gasteiger partial charge >= 0.3 is 12.1 Å². The van der Waals surface area contributed by atoms with Crippen molar-refractivity contribution in [1.29, 1.82) is 0 Å². The molecule has 9 heteroatoms. The van der Waals surface area contributed by atoms with Crippen LogP contribution in [0.3, 0.4) is 0 Å². The summed E-state index contributed by atoms with van der Waals surface area (Å²) in [5, 5.41) is 5.53. The van der Waals surface area contributed by atoms with Gasteiger partial charge in [-0.05, 0) is 38.2 Å². The SMILES string of the molecule is CNCCCC(=O)Nc1ccc2oc(C(F)(F)F)nc2c1.Cl. The number of halogens is 4. The number of rotatable bonds is 5. The molecular formula is C13H15ClF3N3O2. The van der Waals surface area contributed by atoms with Gasteiger partial charge in [0, 0.05) is 12.1 Å². The maximum Gasteiger partial charge on any atom is 0.468 e. The standard InChI is InChI=1S/C13H14F3N3O2.ClH/c1-17-6-2-3-11(20)18-8-4-5-10-9(7-8)19-12(21-10)13(14,15)16;/h4-5,7,17H,2-3,6H2,1H3,(H,18,20);1H. The molecule has 0 radical (unpaired) electrons. The van der Waals surface area contributed by atoms with Crippen LogP contribution in [0.5, 0.6) is 0 Å². The molecule has 1 heterocycles.